The lowest BCUT2D eigenvalue weighted by molar-refractivity contribution is -0.137. The molecule has 1 aliphatic carbocycles. The zero-order valence-corrected chi connectivity index (χ0v) is 16.2. The Hall–Kier alpha value is -2.25. The number of para-hydroxylation sites is 1. The van der Waals surface area contributed by atoms with E-state index < -0.39 is 36.6 Å². The van der Waals surface area contributed by atoms with E-state index in [1.165, 1.54) is 6.08 Å². The molecule has 0 spiro atoms. The highest BCUT2D eigenvalue weighted by Gasteiger charge is 2.40. The van der Waals surface area contributed by atoms with Crippen LogP contribution in [0.1, 0.15) is 32.1 Å². The van der Waals surface area contributed by atoms with Crippen molar-refractivity contribution < 1.29 is 33.6 Å². The van der Waals surface area contributed by atoms with Gasteiger partial charge in [0.2, 0.25) is 0 Å². The lowest BCUT2D eigenvalue weighted by atomic mass is 9.89. The van der Waals surface area contributed by atoms with Gasteiger partial charge in [-0.1, -0.05) is 36.4 Å². The predicted octanol–water partition coefficient (Wildman–Crippen LogP) is 3.82. The lowest BCUT2D eigenvalue weighted by Gasteiger charge is -2.20. The normalized spacial score (nSPS) is 25.1. The van der Waals surface area contributed by atoms with E-state index >= 15 is 0 Å². The number of carbonyl (C=O) groups is 1. The minimum atomic E-state index is -3.21. The van der Waals surface area contributed by atoms with E-state index in [0.717, 1.165) is 6.08 Å². The number of aliphatic hydroxyl groups excluding tert-OH is 2. The zero-order valence-electron chi connectivity index (χ0n) is 16.2. The molecule has 0 bridgehead atoms. The zero-order chi connectivity index (χ0) is 21.3. The molecule has 29 heavy (non-hydrogen) atoms. The predicted molar refractivity (Wildman–Crippen MR) is 105 cm³/mol. The summed E-state index contributed by atoms with van der Waals surface area (Å²) in [4.78, 5) is 10.5. The van der Waals surface area contributed by atoms with Gasteiger partial charge < -0.3 is 20.1 Å². The van der Waals surface area contributed by atoms with Crippen molar-refractivity contribution in [3.8, 4) is 5.75 Å². The molecule has 4 atom stereocenters. The molecule has 2 rings (SSSR count). The summed E-state index contributed by atoms with van der Waals surface area (Å²) in [5.74, 6) is -4.67. The number of alkyl halides is 2. The van der Waals surface area contributed by atoms with Gasteiger partial charge in [-0.25, -0.2) is 0 Å². The summed E-state index contributed by atoms with van der Waals surface area (Å²) in [6.45, 7) is -0.812. The quantitative estimate of drug-likeness (QED) is 0.381. The van der Waals surface area contributed by atoms with Crippen molar-refractivity contribution >= 4 is 5.97 Å². The van der Waals surface area contributed by atoms with Crippen molar-refractivity contribution in [3.05, 3.63) is 54.6 Å². The maximum atomic E-state index is 14.2. The number of rotatable bonds is 11. The van der Waals surface area contributed by atoms with E-state index in [-0.39, 0.29) is 18.8 Å². The van der Waals surface area contributed by atoms with Crippen LogP contribution in [0.2, 0.25) is 0 Å². The molecule has 1 fully saturated rings. The van der Waals surface area contributed by atoms with Crippen LogP contribution in [0.5, 0.6) is 5.75 Å². The highest BCUT2D eigenvalue weighted by molar-refractivity contribution is 5.66. The van der Waals surface area contributed by atoms with Crippen molar-refractivity contribution in [1.82, 2.24) is 0 Å². The van der Waals surface area contributed by atoms with Gasteiger partial charge in [-0.2, -0.15) is 8.78 Å². The van der Waals surface area contributed by atoms with Gasteiger partial charge >= 0.3 is 5.97 Å². The van der Waals surface area contributed by atoms with Crippen LogP contribution in [0.4, 0.5) is 8.78 Å². The second kappa shape index (κ2) is 11.1. The molecule has 5 nitrogen and oxygen atoms in total. The first kappa shape index (κ1) is 23.0. The van der Waals surface area contributed by atoms with Crippen LogP contribution in [0.3, 0.4) is 0 Å². The number of aliphatic carboxylic acids is 1. The number of aliphatic hydroxyl groups is 2. The third-order valence-electron chi connectivity index (χ3n) is 4.99. The maximum Gasteiger partial charge on any atom is 0.303 e. The van der Waals surface area contributed by atoms with Gasteiger partial charge in [-0.15, -0.1) is 0 Å². The van der Waals surface area contributed by atoms with Crippen molar-refractivity contribution in [2.24, 2.45) is 11.8 Å². The number of unbranched alkanes of at least 4 members (excludes halogenated alkanes) is 1. The van der Waals surface area contributed by atoms with Gasteiger partial charge in [0, 0.05) is 18.8 Å². The number of carboxylic acids is 1. The first-order valence-electron chi connectivity index (χ1n) is 9.76. The largest absolute Gasteiger partial charge is 0.487 e. The molecule has 1 aromatic carbocycles. The fourth-order valence-electron chi connectivity index (χ4n) is 3.45. The molecule has 7 heteroatoms. The van der Waals surface area contributed by atoms with Crippen LogP contribution in [0, 0.1) is 11.8 Å². The van der Waals surface area contributed by atoms with E-state index in [4.69, 9.17) is 9.84 Å². The SMILES string of the molecule is O=C(O)CCC/C=C\C[C@H]1C(O)CC(O)[C@@H]1/C=C/C(F)(F)COc1ccccc1. The molecule has 1 aromatic rings. The van der Waals surface area contributed by atoms with Gasteiger partial charge in [-0.3, -0.25) is 4.79 Å². The second-order valence-electron chi connectivity index (χ2n) is 7.33. The number of ether oxygens (including phenoxy) is 1. The summed E-state index contributed by atoms with van der Waals surface area (Å²) in [6.07, 6.45) is 5.73. The maximum absolute atomic E-state index is 14.2. The van der Waals surface area contributed by atoms with E-state index in [1.807, 2.05) is 12.2 Å². The molecule has 1 saturated carbocycles. The van der Waals surface area contributed by atoms with Gasteiger partial charge in [0.05, 0.1) is 12.2 Å². The molecular formula is C22H28F2O5. The fourth-order valence-corrected chi connectivity index (χ4v) is 3.45. The van der Waals surface area contributed by atoms with Crippen LogP contribution >= 0.6 is 0 Å². The lowest BCUT2D eigenvalue weighted by Crippen LogP contribution is -2.25. The number of hydrogen-bond donors (Lipinski definition) is 3. The number of hydrogen-bond acceptors (Lipinski definition) is 4. The first-order chi connectivity index (χ1) is 13.8. The fraction of sp³-hybridized carbons (Fsp3) is 0.500. The summed E-state index contributed by atoms with van der Waals surface area (Å²) in [5, 5.41) is 28.9. The molecule has 0 radical (unpaired) electrons. The second-order valence-corrected chi connectivity index (χ2v) is 7.33. The number of benzene rings is 1. The molecule has 2 unspecified atom stereocenters. The molecule has 0 amide bonds. The van der Waals surface area contributed by atoms with Gasteiger partial charge in [-0.05, 0) is 43.4 Å². The smallest absolute Gasteiger partial charge is 0.303 e. The van der Waals surface area contributed by atoms with E-state index in [0.29, 0.717) is 25.0 Å². The van der Waals surface area contributed by atoms with E-state index in [2.05, 4.69) is 0 Å². The molecule has 0 aromatic heterocycles. The Kier molecular flexibility index (Phi) is 8.79. The Morgan fingerprint density at radius 1 is 1.17 bits per heavy atom. The van der Waals surface area contributed by atoms with Gasteiger partial charge in [0.15, 0.2) is 6.61 Å². The van der Waals surface area contributed by atoms with Crippen molar-refractivity contribution in [3.63, 3.8) is 0 Å². The van der Waals surface area contributed by atoms with Crippen LogP contribution in [0.25, 0.3) is 0 Å². The molecule has 3 N–H and O–H groups in total. The highest BCUT2D eigenvalue weighted by atomic mass is 19.3. The number of allylic oxidation sites excluding steroid dienone is 2. The first-order valence-corrected chi connectivity index (χ1v) is 9.76. The number of carboxylic acid groups (broad SMARTS) is 1. The van der Waals surface area contributed by atoms with Crippen LogP contribution < -0.4 is 4.74 Å². The van der Waals surface area contributed by atoms with Crippen molar-refractivity contribution in [2.75, 3.05) is 6.61 Å². The van der Waals surface area contributed by atoms with Crippen LogP contribution in [-0.4, -0.2) is 46.0 Å². The molecule has 160 valence electrons. The Morgan fingerprint density at radius 2 is 1.90 bits per heavy atom. The Morgan fingerprint density at radius 3 is 2.59 bits per heavy atom. The average Bonchev–Trinajstić information content (AvgIpc) is 2.94. The standard InChI is InChI=1S/C22H28F2O5/c23-22(24,15-29-16-8-4-3-5-9-16)13-12-18-17(19(25)14-20(18)26)10-6-1-2-7-11-21(27)28/h1,3-6,8-9,12-13,17-20,25-26H,2,7,10-11,14-15H2,(H,27,28)/b6-1-,13-12+/t17-,18-,19?,20?/m1/s1. The monoisotopic (exact) mass is 410 g/mol. The van der Waals surface area contributed by atoms with Crippen molar-refractivity contribution in [2.45, 2.75) is 50.2 Å². The average molecular weight is 410 g/mol. The van der Waals surface area contributed by atoms with Crippen molar-refractivity contribution in [1.29, 1.82) is 0 Å². The van der Waals surface area contributed by atoms with Crippen LogP contribution in [0.15, 0.2) is 54.6 Å². The molecule has 1 aliphatic rings. The minimum absolute atomic E-state index is 0.0839. The third kappa shape index (κ3) is 7.95. The minimum Gasteiger partial charge on any atom is -0.487 e. The van der Waals surface area contributed by atoms with Gasteiger partial charge in [0.25, 0.3) is 5.92 Å². The molecule has 0 saturated heterocycles. The van der Waals surface area contributed by atoms with Gasteiger partial charge in [0.1, 0.15) is 5.75 Å². The highest BCUT2D eigenvalue weighted by Crippen LogP contribution is 2.37. The van der Waals surface area contributed by atoms with E-state index in [9.17, 15) is 23.8 Å². The topological polar surface area (TPSA) is 87.0 Å². The Balaban J connectivity index is 1.89. The molecule has 0 aliphatic heterocycles. The summed E-state index contributed by atoms with van der Waals surface area (Å²) in [6, 6.07) is 8.34. The van der Waals surface area contributed by atoms with E-state index in [1.54, 1.807) is 30.3 Å². The molecular weight excluding hydrogens is 382 g/mol. The summed E-state index contributed by atoms with van der Waals surface area (Å²) >= 11 is 0. The summed E-state index contributed by atoms with van der Waals surface area (Å²) in [5.41, 5.74) is 0. The van der Waals surface area contributed by atoms with Crippen LogP contribution in [-0.2, 0) is 4.79 Å². The number of halogens is 2. The molecule has 0 heterocycles. The Labute approximate surface area is 169 Å². The summed E-state index contributed by atoms with van der Waals surface area (Å²) < 4.78 is 33.4. The Bertz CT molecular complexity index is 690. The summed E-state index contributed by atoms with van der Waals surface area (Å²) in [7, 11) is 0. The third-order valence-corrected chi connectivity index (χ3v) is 4.99.